The monoisotopic (exact) mass is 495 g/mol. The summed E-state index contributed by atoms with van der Waals surface area (Å²) in [5.41, 5.74) is 3.43. The highest BCUT2D eigenvalue weighted by Gasteiger charge is 2.33. The van der Waals surface area contributed by atoms with E-state index in [1.165, 1.54) is 0 Å². The molecule has 5 nitrogen and oxygen atoms in total. The van der Waals surface area contributed by atoms with Crippen LogP contribution in [0, 0.1) is 6.92 Å². The smallest absolute Gasteiger partial charge is 0.272 e. The number of anilines is 1. The van der Waals surface area contributed by atoms with E-state index in [0.29, 0.717) is 11.3 Å². The molecule has 1 heterocycles. The lowest BCUT2D eigenvalue weighted by Crippen LogP contribution is -2.37. The Balaban J connectivity index is 1.54. The highest BCUT2D eigenvalue weighted by Crippen LogP contribution is 2.36. The SMILES string of the molecule is Cc1ccc(C(=O)N(c2ccc3oc4c(c3c2)CCCC4)S(=O)(=O)c2ccc3ccccc3c2)cc1. The average Bonchev–Trinajstić information content (AvgIpc) is 3.27. The minimum Gasteiger partial charge on any atom is -0.461 e. The van der Waals surface area contributed by atoms with Crippen LogP contribution in [0.4, 0.5) is 5.69 Å². The van der Waals surface area contributed by atoms with Crippen LogP contribution in [-0.4, -0.2) is 14.3 Å². The zero-order chi connectivity index (χ0) is 24.9. The van der Waals surface area contributed by atoms with Gasteiger partial charge in [-0.05, 0) is 79.4 Å². The molecule has 0 atom stereocenters. The number of rotatable bonds is 4. The molecule has 1 aliphatic carbocycles. The number of sulfonamides is 1. The molecule has 5 aromatic rings. The van der Waals surface area contributed by atoms with Crippen molar-refractivity contribution in [3.05, 3.63) is 107 Å². The molecule has 0 saturated carbocycles. The van der Waals surface area contributed by atoms with Crippen molar-refractivity contribution in [3.8, 4) is 0 Å². The van der Waals surface area contributed by atoms with E-state index < -0.39 is 15.9 Å². The maximum Gasteiger partial charge on any atom is 0.272 e. The molecular weight excluding hydrogens is 470 g/mol. The Morgan fingerprint density at radius 1 is 0.833 bits per heavy atom. The van der Waals surface area contributed by atoms with Gasteiger partial charge in [0.15, 0.2) is 0 Å². The van der Waals surface area contributed by atoms with Gasteiger partial charge >= 0.3 is 0 Å². The molecule has 0 spiro atoms. The molecule has 0 aliphatic heterocycles. The average molecular weight is 496 g/mol. The Bertz CT molecular complexity index is 1730. The van der Waals surface area contributed by atoms with Gasteiger partial charge in [-0.15, -0.1) is 0 Å². The van der Waals surface area contributed by atoms with Gasteiger partial charge in [-0.25, -0.2) is 8.42 Å². The van der Waals surface area contributed by atoms with E-state index in [9.17, 15) is 13.2 Å². The van der Waals surface area contributed by atoms with Crippen LogP contribution < -0.4 is 4.31 Å². The predicted octanol–water partition coefficient (Wildman–Crippen LogP) is 6.81. The first kappa shape index (κ1) is 22.6. The van der Waals surface area contributed by atoms with Crippen LogP contribution in [0.5, 0.6) is 0 Å². The first-order valence-electron chi connectivity index (χ1n) is 12.1. The Hall–Kier alpha value is -3.90. The summed E-state index contributed by atoms with van der Waals surface area (Å²) in [5, 5.41) is 2.59. The maximum absolute atomic E-state index is 14.1. The molecule has 1 aromatic heterocycles. The number of hydrogen-bond donors (Lipinski definition) is 0. The number of furan rings is 1. The maximum atomic E-state index is 14.1. The lowest BCUT2D eigenvalue weighted by atomic mass is 9.96. The standard InChI is InChI=1S/C30H25NO4S/c1-20-10-12-22(13-11-20)30(32)31(36(33,34)25-16-14-21-6-2-3-7-23(21)18-25)24-15-17-29-27(19-24)26-8-4-5-9-28(26)35-29/h2-3,6-7,10-19H,4-5,8-9H2,1H3. The van der Waals surface area contributed by atoms with Crippen molar-refractivity contribution in [2.24, 2.45) is 0 Å². The van der Waals surface area contributed by atoms with Crippen LogP contribution in [0.15, 0.2) is 94.2 Å². The molecule has 0 radical (unpaired) electrons. The fraction of sp³-hybridized carbons (Fsp3) is 0.167. The first-order chi connectivity index (χ1) is 17.4. The van der Waals surface area contributed by atoms with E-state index in [4.69, 9.17) is 4.42 Å². The van der Waals surface area contributed by atoms with Gasteiger partial charge in [0.1, 0.15) is 11.3 Å². The zero-order valence-corrected chi connectivity index (χ0v) is 20.7. The summed E-state index contributed by atoms with van der Waals surface area (Å²) >= 11 is 0. The van der Waals surface area contributed by atoms with Crippen molar-refractivity contribution in [1.29, 1.82) is 0 Å². The van der Waals surface area contributed by atoms with Crippen molar-refractivity contribution < 1.29 is 17.6 Å². The Morgan fingerprint density at radius 2 is 1.58 bits per heavy atom. The lowest BCUT2D eigenvalue weighted by Gasteiger charge is -2.23. The van der Waals surface area contributed by atoms with Crippen molar-refractivity contribution in [2.45, 2.75) is 37.5 Å². The summed E-state index contributed by atoms with van der Waals surface area (Å²) in [6.07, 6.45) is 3.90. The molecule has 36 heavy (non-hydrogen) atoms. The van der Waals surface area contributed by atoms with Crippen LogP contribution in [0.25, 0.3) is 21.7 Å². The number of amides is 1. The minimum absolute atomic E-state index is 0.0657. The third-order valence-electron chi connectivity index (χ3n) is 6.92. The molecule has 6 rings (SSSR count). The summed E-state index contributed by atoms with van der Waals surface area (Å²) < 4.78 is 35.2. The second kappa shape index (κ2) is 8.64. The van der Waals surface area contributed by atoms with Crippen molar-refractivity contribution in [1.82, 2.24) is 0 Å². The number of aryl methyl sites for hydroxylation is 3. The normalized spacial score (nSPS) is 13.6. The third kappa shape index (κ3) is 3.78. The van der Waals surface area contributed by atoms with E-state index in [0.717, 1.165) is 68.6 Å². The predicted molar refractivity (Wildman–Crippen MR) is 142 cm³/mol. The molecule has 0 fully saturated rings. The van der Waals surface area contributed by atoms with Gasteiger partial charge in [0.05, 0.1) is 10.6 Å². The van der Waals surface area contributed by atoms with Crippen LogP contribution in [-0.2, 0) is 22.9 Å². The van der Waals surface area contributed by atoms with Gasteiger partial charge in [-0.3, -0.25) is 4.79 Å². The first-order valence-corrected chi connectivity index (χ1v) is 13.6. The van der Waals surface area contributed by atoms with E-state index in [1.807, 2.05) is 43.3 Å². The quantitative estimate of drug-likeness (QED) is 0.275. The van der Waals surface area contributed by atoms with Crippen molar-refractivity contribution in [3.63, 3.8) is 0 Å². The summed E-state index contributed by atoms with van der Waals surface area (Å²) in [6.45, 7) is 1.92. The fourth-order valence-electron chi connectivity index (χ4n) is 4.99. The van der Waals surface area contributed by atoms with Gasteiger partial charge < -0.3 is 4.42 Å². The number of carbonyl (C=O) groups excluding carboxylic acids is 1. The molecule has 180 valence electrons. The summed E-state index contributed by atoms with van der Waals surface area (Å²) in [7, 11) is -4.22. The minimum atomic E-state index is -4.22. The van der Waals surface area contributed by atoms with Crippen LogP contribution >= 0.6 is 0 Å². The largest absolute Gasteiger partial charge is 0.461 e. The fourth-order valence-corrected chi connectivity index (χ4v) is 6.43. The second-order valence-electron chi connectivity index (χ2n) is 9.34. The molecule has 0 N–H and O–H groups in total. The van der Waals surface area contributed by atoms with Crippen LogP contribution in [0.3, 0.4) is 0 Å². The lowest BCUT2D eigenvalue weighted by molar-refractivity contribution is 0.101. The van der Waals surface area contributed by atoms with E-state index in [-0.39, 0.29) is 4.90 Å². The molecule has 0 saturated heterocycles. The Labute approximate surface area is 210 Å². The summed E-state index contributed by atoms with van der Waals surface area (Å²) in [6, 6.07) is 24.7. The van der Waals surface area contributed by atoms with Gasteiger partial charge in [0.2, 0.25) is 0 Å². The van der Waals surface area contributed by atoms with Crippen LogP contribution in [0.2, 0.25) is 0 Å². The molecule has 6 heteroatoms. The molecule has 0 unspecified atom stereocenters. The Kier molecular flexibility index (Phi) is 5.41. The van der Waals surface area contributed by atoms with E-state index >= 15 is 0 Å². The zero-order valence-electron chi connectivity index (χ0n) is 19.9. The Morgan fingerprint density at radius 3 is 2.39 bits per heavy atom. The van der Waals surface area contributed by atoms with Crippen molar-refractivity contribution >= 4 is 43.4 Å². The number of nitrogens with zero attached hydrogens (tertiary/aromatic N) is 1. The number of hydrogen-bond acceptors (Lipinski definition) is 4. The van der Waals surface area contributed by atoms with Gasteiger partial charge in [-0.2, -0.15) is 4.31 Å². The number of benzene rings is 4. The van der Waals surface area contributed by atoms with Crippen LogP contribution in [0.1, 0.15) is 40.1 Å². The number of carbonyl (C=O) groups is 1. The number of fused-ring (bicyclic) bond motifs is 4. The topological polar surface area (TPSA) is 67.6 Å². The molecule has 0 bridgehead atoms. The molecule has 1 amide bonds. The molecule has 1 aliphatic rings. The van der Waals surface area contributed by atoms with E-state index in [2.05, 4.69) is 0 Å². The second-order valence-corrected chi connectivity index (χ2v) is 11.1. The third-order valence-corrected chi connectivity index (χ3v) is 8.62. The molecular formula is C30H25NO4S. The summed E-state index contributed by atoms with van der Waals surface area (Å²) in [4.78, 5) is 13.9. The van der Waals surface area contributed by atoms with Gasteiger partial charge in [0.25, 0.3) is 15.9 Å². The highest BCUT2D eigenvalue weighted by atomic mass is 32.2. The van der Waals surface area contributed by atoms with Crippen molar-refractivity contribution in [2.75, 3.05) is 4.31 Å². The van der Waals surface area contributed by atoms with Gasteiger partial charge in [0, 0.05) is 22.9 Å². The van der Waals surface area contributed by atoms with E-state index in [1.54, 1.807) is 48.5 Å². The highest BCUT2D eigenvalue weighted by molar-refractivity contribution is 7.93. The summed E-state index contributed by atoms with van der Waals surface area (Å²) in [5.74, 6) is 0.363. The van der Waals surface area contributed by atoms with Gasteiger partial charge in [-0.1, -0.05) is 48.0 Å². The molecule has 4 aromatic carbocycles.